The summed E-state index contributed by atoms with van der Waals surface area (Å²) >= 11 is 14.1. The molecule has 2 N–H and O–H groups in total. The molecular weight excluding hydrogens is 682 g/mol. The predicted octanol–water partition coefficient (Wildman–Crippen LogP) is 4.13. The van der Waals surface area contributed by atoms with Gasteiger partial charge >= 0.3 is 5.97 Å². The van der Waals surface area contributed by atoms with E-state index in [-0.39, 0.29) is 34.0 Å². The van der Waals surface area contributed by atoms with Gasteiger partial charge in [0, 0.05) is 24.1 Å². The number of anilines is 1. The third kappa shape index (κ3) is 4.24. The molecule has 2 saturated heterocycles. The number of nitrogens with zero attached hydrogens (tertiary/aromatic N) is 2. The highest BCUT2D eigenvalue weighted by Crippen LogP contribution is 2.66. The monoisotopic (exact) mass is 702 g/mol. The second kappa shape index (κ2) is 10.9. The zero-order valence-corrected chi connectivity index (χ0v) is 25.3. The van der Waals surface area contributed by atoms with Crippen LogP contribution in [0.4, 0.5) is 27.6 Å². The molecule has 0 unspecified atom stereocenters. The number of carboxylic acid groups (broad SMARTS) is 1. The first-order chi connectivity index (χ1) is 22.0. The summed E-state index contributed by atoms with van der Waals surface area (Å²) in [4.78, 5) is 61.6. The first kappa shape index (κ1) is 32.7. The van der Waals surface area contributed by atoms with Crippen molar-refractivity contribution < 1.29 is 60.9 Å². The van der Waals surface area contributed by atoms with Crippen molar-refractivity contribution in [3.05, 3.63) is 64.5 Å². The number of rotatable bonds is 6. The Bertz CT molecular complexity index is 1830. The number of carbonyl (C=O) groups excluding carboxylic acids is 4. The number of aromatic hydroxyl groups is 1. The molecule has 2 aromatic rings. The molecule has 2 heterocycles. The number of alkyl halides is 2. The van der Waals surface area contributed by atoms with Crippen LogP contribution in [-0.4, -0.2) is 68.1 Å². The fraction of sp³-hybridized carbons (Fsp3) is 0.367. The van der Waals surface area contributed by atoms with Gasteiger partial charge in [0.25, 0.3) is 11.8 Å². The van der Waals surface area contributed by atoms with Crippen molar-refractivity contribution in [1.82, 2.24) is 4.90 Å². The molecule has 1 saturated carbocycles. The molecule has 47 heavy (non-hydrogen) atoms. The Morgan fingerprint density at radius 2 is 1.57 bits per heavy atom. The first-order valence-corrected chi connectivity index (χ1v) is 14.7. The third-order valence-electron chi connectivity index (χ3n) is 9.39. The third-order valence-corrected chi connectivity index (χ3v) is 10.8. The molecule has 10 nitrogen and oxygen atoms in total. The summed E-state index contributed by atoms with van der Waals surface area (Å²) in [6, 6.07) is 3.52. The SMILES string of the molecule is COc1cc(O)ccc1[C@H]1C2=CC[C@@H]3C(=O)N(CCC(=O)O)C(=O)[C@@H]3[C@@H]2C[C@@]2(Cl)C(=O)N(c3c(F)c(F)c(F)c(F)c3F)C(=O)[C@@]12Cl. The van der Waals surface area contributed by atoms with E-state index in [4.69, 9.17) is 33.0 Å². The molecule has 4 amide bonds. The molecule has 0 radical (unpaired) electrons. The first-order valence-electron chi connectivity index (χ1n) is 13.9. The van der Waals surface area contributed by atoms with Crippen molar-refractivity contribution in [3.8, 4) is 11.5 Å². The van der Waals surface area contributed by atoms with Crippen LogP contribution >= 0.6 is 23.2 Å². The van der Waals surface area contributed by atoms with E-state index in [0.29, 0.717) is 0 Å². The number of allylic oxidation sites excluding steroid dienone is 2. The van der Waals surface area contributed by atoms with Crippen LogP contribution < -0.4 is 9.64 Å². The van der Waals surface area contributed by atoms with Crippen LogP contribution in [0.1, 0.15) is 30.7 Å². The molecule has 3 fully saturated rings. The summed E-state index contributed by atoms with van der Waals surface area (Å²) in [6.45, 7) is -0.464. The van der Waals surface area contributed by atoms with Gasteiger partial charge in [0.2, 0.25) is 17.6 Å². The number of hydrogen-bond donors (Lipinski definition) is 2. The Morgan fingerprint density at radius 1 is 0.957 bits per heavy atom. The van der Waals surface area contributed by atoms with Crippen LogP contribution in [0.15, 0.2) is 29.8 Å². The van der Waals surface area contributed by atoms with Crippen LogP contribution in [0, 0.1) is 46.8 Å². The standard InChI is InChI=1S/C30H21Cl2F5N2O8/c1-47-15-8-10(40)2-3-12(15)18-11-4-5-13-17(26(44)38(25(13)43)7-6-16(41)42)14(11)9-29(31)27(45)39(28(46)30(18,29)32)24-22(36)20(34)19(33)21(35)23(24)37/h2-4,8,13-14,17-18,40H,5-7,9H2,1H3,(H,41,42)/t13-,14+,17-,18+,29+,30-/m0/s1. The number of likely N-dealkylation sites (tertiary alicyclic amines) is 1. The quantitative estimate of drug-likeness (QED) is 0.114. The smallest absolute Gasteiger partial charge is 0.305 e. The highest BCUT2D eigenvalue weighted by atomic mass is 35.5. The van der Waals surface area contributed by atoms with E-state index >= 15 is 8.78 Å². The summed E-state index contributed by atoms with van der Waals surface area (Å²) < 4.78 is 78.2. The Balaban J connectivity index is 1.58. The lowest BCUT2D eigenvalue weighted by Crippen LogP contribution is -2.60. The molecule has 0 aromatic heterocycles. The van der Waals surface area contributed by atoms with Gasteiger partial charge < -0.3 is 14.9 Å². The summed E-state index contributed by atoms with van der Waals surface area (Å²) in [5.41, 5.74) is -1.76. The highest BCUT2D eigenvalue weighted by molar-refractivity contribution is 6.58. The van der Waals surface area contributed by atoms with Gasteiger partial charge in [-0.2, -0.15) is 0 Å². The summed E-state index contributed by atoms with van der Waals surface area (Å²) in [7, 11) is 1.18. The van der Waals surface area contributed by atoms with Crippen molar-refractivity contribution >= 4 is 58.5 Å². The minimum Gasteiger partial charge on any atom is -0.508 e. The second-order valence-electron chi connectivity index (χ2n) is 11.6. The number of halogens is 7. The number of imide groups is 2. The molecule has 0 spiro atoms. The summed E-state index contributed by atoms with van der Waals surface area (Å²) in [6.07, 6.45) is 0.0783. The van der Waals surface area contributed by atoms with Gasteiger partial charge in [0.15, 0.2) is 33.0 Å². The van der Waals surface area contributed by atoms with E-state index in [2.05, 4.69) is 0 Å². The molecule has 4 aliphatic rings. The number of benzene rings is 2. The molecule has 0 bridgehead atoms. The molecule has 17 heteroatoms. The molecule has 2 aromatic carbocycles. The predicted molar refractivity (Wildman–Crippen MR) is 150 cm³/mol. The van der Waals surface area contributed by atoms with Gasteiger partial charge in [-0.25, -0.2) is 26.9 Å². The number of phenols is 1. The number of carbonyl (C=O) groups is 5. The average molecular weight is 703 g/mol. The van der Waals surface area contributed by atoms with E-state index in [1.165, 1.54) is 19.3 Å². The van der Waals surface area contributed by atoms with Crippen molar-refractivity contribution in [2.45, 2.75) is 34.9 Å². The minimum atomic E-state index is -2.76. The molecule has 2 aliphatic heterocycles. The Labute approximate surface area is 271 Å². The van der Waals surface area contributed by atoms with Gasteiger partial charge in [0.1, 0.15) is 17.2 Å². The summed E-state index contributed by atoms with van der Waals surface area (Å²) in [5, 5.41) is 19.3. The van der Waals surface area contributed by atoms with Crippen LogP contribution in [0.5, 0.6) is 11.5 Å². The Kier molecular flexibility index (Phi) is 7.59. The lowest BCUT2D eigenvalue weighted by atomic mass is 9.56. The van der Waals surface area contributed by atoms with E-state index < -0.39 is 117 Å². The molecule has 6 atom stereocenters. The molecular formula is C30H21Cl2F5N2O8. The van der Waals surface area contributed by atoms with Crippen molar-refractivity contribution in [1.29, 1.82) is 0 Å². The Hall–Kier alpha value is -4.24. The van der Waals surface area contributed by atoms with Crippen molar-refractivity contribution in [3.63, 3.8) is 0 Å². The van der Waals surface area contributed by atoms with E-state index in [1.807, 2.05) is 0 Å². The largest absolute Gasteiger partial charge is 0.508 e. The van der Waals surface area contributed by atoms with Gasteiger partial charge in [-0.15, -0.1) is 23.2 Å². The number of ether oxygens (including phenoxy) is 1. The van der Waals surface area contributed by atoms with Crippen molar-refractivity contribution in [2.75, 3.05) is 18.6 Å². The van der Waals surface area contributed by atoms with E-state index in [0.717, 1.165) is 17.0 Å². The number of phenolic OH excluding ortho intramolecular Hbond substituents is 1. The topological polar surface area (TPSA) is 142 Å². The number of amides is 4. The maximum atomic E-state index is 15.1. The zero-order valence-electron chi connectivity index (χ0n) is 23.8. The zero-order chi connectivity index (χ0) is 34.5. The maximum Gasteiger partial charge on any atom is 0.305 e. The number of aliphatic carboxylic acids is 1. The van der Waals surface area contributed by atoms with Gasteiger partial charge in [-0.05, 0) is 24.8 Å². The number of carboxylic acids is 1. The fourth-order valence-corrected chi connectivity index (χ4v) is 8.27. The van der Waals surface area contributed by atoms with Crippen LogP contribution in [0.3, 0.4) is 0 Å². The number of fused-ring (bicyclic) bond motifs is 4. The van der Waals surface area contributed by atoms with Crippen LogP contribution in [0.25, 0.3) is 0 Å². The Morgan fingerprint density at radius 3 is 2.17 bits per heavy atom. The second-order valence-corrected chi connectivity index (χ2v) is 12.8. The fourth-order valence-electron chi connectivity index (χ4n) is 7.34. The van der Waals surface area contributed by atoms with Gasteiger partial charge in [-0.3, -0.25) is 28.9 Å². The normalized spacial score (nSPS) is 29.9. The molecule has 2 aliphatic carbocycles. The molecule has 248 valence electrons. The number of hydrogen-bond acceptors (Lipinski definition) is 7. The van der Waals surface area contributed by atoms with Crippen LogP contribution in [-0.2, 0) is 24.0 Å². The van der Waals surface area contributed by atoms with Crippen LogP contribution in [0.2, 0.25) is 0 Å². The lowest BCUT2D eigenvalue weighted by Gasteiger charge is -2.50. The van der Waals surface area contributed by atoms with Gasteiger partial charge in [0.05, 0.1) is 25.4 Å². The highest BCUT2D eigenvalue weighted by Gasteiger charge is 2.77. The minimum absolute atomic E-state index is 0.0142. The molecule has 6 rings (SSSR count). The summed E-state index contributed by atoms with van der Waals surface area (Å²) in [5.74, 6) is -24.1. The van der Waals surface area contributed by atoms with E-state index in [1.54, 1.807) is 0 Å². The van der Waals surface area contributed by atoms with E-state index in [9.17, 15) is 42.3 Å². The lowest BCUT2D eigenvalue weighted by molar-refractivity contribution is -0.142. The average Bonchev–Trinajstić information content (AvgIpc) is 3.36. The van der Waals surface area contributed by atoms with Crippen molar-refractivity contribution in [2.24, 2.45) is 17.8 Å². The maximum absolute atomic E-state index is 15.1. The number of methoxy groups -OCH3 is 1. The van der Waals surface area contributed by atoms with Gasteiger partial charge in [-0.1, -0.05) is 17.7 Å².